The minimum Gasteiger partial charge on any atom is -0.370 e. The molecular formula is C22H28N4O2S2. The number of hydrogen-bond donors (Lipinski definition) is 1. The summed E-state index contributed by atoms with van der Waals surface area (Å²) in [7, 11) is 0. The van der Waals surface area contributed by atoms with Gasteiger partial charge in [-0.25, -0.2) is 4.98 Å². The molecule has 1 saturated heterocycles. The van der Waals surface area contributed by atoms with Gasteiger partial charge in [0.2, 0.25) is 0 Å². The predicted molar refractivity (Wildman–Crippen MR) is 129 cm³/mol. The van der Waals surface area contributed by atoms with Crippen LogP contribution in [0, 0.1) is 5.92 Å². The maximum atomic E-state index is 13.1. The molecule has 1 N–H and O–H groups in total. The second-order valence-electron chi connectivity index (χ2n) is 7.35. The first-order chi connectivity index (χ1) is 14.5. The third kappa shape index (κ3) is 4.75. The van der Waals surface area contributed by atoms with Gasteiger partial charge in [-0.2, -0.15) is 0 Å². The minimum atomic E-state index is -0.212. The summed E-state index contributed by atoms with van der Waals surface area (Å²) in [5, 5.41) is 3.15. The molecule has 0 spiro atoms. The van der Waals surface area contributed by atoms with Crippen LogP contribution in [0.15, 0.2) is 34.1 Å². The quantitative estimate of drug-likeness (QED) is 0.452. The fraction of sp³-hybridized carbons (Fsp3) is 0.455. The Morgan fingerprint density at radius 1 is 1.27 bits per heavy atom. The number of carbonyl (C=O) groups excluding carboxylic acids is 1. The number of aromatic nitrogens is 2. The van der Waals surface area contributed by atoms with Crippen LogP contribution in [0.5, 0.6) is 0 Å². The van der Waals surface area contributed by atoms with Crippen molar-refractivity contribution in [2.75, 3.05) is 18.4 Å². The molecule has 8 heteroatoms. The molecule has 30 heavy (non-hydrogen) atoms. The zero-order valence-electron chi connectivity index (χ0n) is 17.7. The average molecular weight is 445 g/mol. The fourth-order valence-electron chi connectivity index (χ4n) is 3.50. The standard InChI is InChI=1S/C22H28N4O2S2/c1-4-7-10-15(5-2)14-26-21(28)17(30-22(26)29)13-16-19(23-6-3)24-18-11-8-9-12-25(18)20(16)27/h8-9,11-13,15,23H,4-7,10,14H2,1-3H3/b17-13+. The molecule has 0 radical (unpaired) electrons. The Morgan fingerprint density at radius 2 is 2.07 bits per heavy atom. The number of carbonyl (C=O) groups is 1. The van der Waals surface area contributed by atoms with E-state index in [2.05, 4.69) is 24.1 Å². The van der Waals surface area contributed by atoms with Gasteiger partial charge in [-0.1, -0.05) is 63.2 Å². The lowest BCUT2D eigenvalue weighted by Crippen LogP contribution is -2.33. The van der Waals surface area contributed by atoms with Gasteiger partial charge in [0.05, 0.1) is 10.5 Å². The Kier molecular flexibility index (Phi) is 7.66. The second kappa shape index (κ2) is 10.2. The maximum absolute atomic E-state index is 13.1. The van der Waals surface area contributed by atoms with Gasteiger partial charge in [-0.15, -0.1) is 0 Å². The number of anilines is 1. The number of nitrogens with zero attached hydrogens (tertiary/aromatic N) is 3. The second-order valence-corrected chi connectivity index (χ2v) is 9.02. The number of thiocarbonyl (C=S) groups is 1. The summed E-state index contributed by atoms with van der Waals surface area (Å²) in [4.78, 5) is 32.9. The van der Waals surface area contributed by atoms with Crippen molar-refractivity contribution in [2.24, 2.45) is 5.92 Å². The van der Waals surface area contributed by atoms with Crippen LogP contribution < -0.4 is 10.9 Å². The van der Waals surface area contributed by atoms with Crippen LogP contribution >= 0.6 is 24.0 Å². The topological polar surface area (TPSA) is 66.7 Å². The van der Waals surface area contributed by atoms with E-state index >= 15 is 0 Å². The molecule has 0 aromatic carbocycles. The van der Waals surface area contributed by atoms with Crippen molar-refractivity contribution < 1.29 is 4.79 Å². The van der Waals surface area contributed by atoms with E-state index in [-0.39, 0.29) is 11.5 Å². The first-order valence-corrected chi connectivity index (χ1v) is 11.7. The Bertz CT molecular complexity index is 1030. The molecule has 1 fully saturated rings. The van der Waals surface area contributed by atoms with Gasteiger partial charge in [0.15, 0.2) is 0 Å². The van der Waals surface area contributed by atoms with E-state index in [1.165, 1.54) is 16.2 Å². The first-order valence-electron chi connectivity index (χ1n) is 10.5. The third-order valence-electron chi connectivity index (χ3n) is 5.25. The molecule has 1 aliphatic heterocycles. The van der Waals surface area contributed by atoms with Gasteiger partial charge in [-0.05, 0) is 37.5 Å². The predicted octanol–water partition coefficient (Wildman–Crippen LogP) is 4.54. The minimum absolute atomic E-state index is 0.125. The summed E-state index contributed by atoms with van der Waals surface area (Å²) in [5.74, 6) is 0.783. The Labute approximate surface area is 186 Å². The van der Waals surface area contributed by atoms with Crippen molar-refractivity contribution in [1.29, 1.82) is 0 Å². The van der Waals surface area contributed by atoms with E-state index in [1.54, 1.807) is 29.3 Å². The molecule has 3 rings (SSSR count). The highest BCUT2D eigenvalue weighted by atomic mass is 32.2. The Balaban J connectivity index is 1.95. The number of thioether (sulfide) groups is 1. The SMILES string of the molecule is CCCCC(CC)CN1C(=O)/C(=C\c2c(NCC)nc3ccccn3c2=O)SC1=S. The lowest BCUT2D eigenvalue weighted by molar-refractivity contribution is -0.122. The maximum Gasteiger partial charge on any atom is 0.267 e. The van der Waals surface area contributed by atoms with Crippen molar-refractivity contribution in [2.45, 2.75) is 46.5 Å². The van der Waals surface area contributed by atoms with Gasteiger partial charge < -0.3 is 5.32 Å². The number of amides is 1. The van der Waals surface area contributed by atoms with Gasteiger partial charge in [0.25, 0.3) is 11.5 Å². The molecule has 0 bridgehead atoms. The van der Waals surface area contributed by atoms with E-state index in [0.717, 1.165) is 25.7 Å². The first kappa shape index (κ1) is 22.5. The Morgan fingerprint density at radius 3 is 2.77 bits per heavy atom. The summed E-state index contributed by atoms with van der Waals surface area (Å²) >= 11 is 6.76. The molecule has 3 heterocycles. The lowest BCUT2D eigenvalue weighted by atomic mass is 9.99. The monoisotopic (exact) mass is 444 g/mol. The highest BCUT2D eigenvalue weighted by Crippen LogP contribution is 2.34. The molecule has 2 aromatic heterocycles. The van der Waals surface area contributed by atoms with Crippen LogP contribution in [0.1, 0.15) is 52.0 Å². The van der Waals surface area contributed by atoms with E-state index < -0.39 is 0 Å². The number of nitrogens with one attached hydrogen (secondary N) is 1. The molecule has 2 aromatic rings. The van der Waals surface area contributed by atoms with Crippen LogP contribution in [0.25, 0.3) is 11.7 Å². The van der Waals surface area contributed by atoms with Crippen molar-refractivity contribution in [3.8, 4) is 0 Å². The number of rotatable bonds is 9. The van der Waals surface area contributed by atoms with Crippen LogP contribution in [-0.4, -0.2) is 37.6 Å². The summed E-state index contributed by atoms with van der Waals surface area (Å²) in [6.07, 6.45) is 7.71. The molecular weight excluding hydrogens is 416 g/mol. The summed E-state index contributed by atoms with van der Waals surface area (Å²) in [5.41, 5.74) is 0.722. The zero-order valence-corrected chi connectivity index (χ0v) is 19.3. The van der Waals surface area contributed by atoms with E-state index in [0.29, 0.717) is 45.3 Å². The number of fused-ring (bicyclic) bond motifs is 1. The molecule has 1 aliphatic rings. The molecule has 0 aliphatic carbocycles. The molecule has 1 amide bonds. The summed E-state index contributed by atoms with van der Waals surface area (Å²) < 4.78 is 2.05. The van der Waals surface area contributed by atoms with Gasteiger partial charge in [0, 0.05) is 19.3 Å². The third-order valence-corrected chi connectivity index (χ3v) is 6.62. The number of pyridine rings is 1. The Hall–Kier alpha value is -2.19. The van der Waals surface area contributed by atoms with Gasteiger partial charge in [0.1, 0.15) is 15.8 Å². The van der Waals surface area contributed by atoms with Crippen LogP contribution in [0.3, 0.4) is 0 Å². The van der Waals surface area contributed by atoms with Gasteiger partial charge >= 0.3 is 0 Å². The van der Waals surface area contributed by atoms with Crippen molar-refractivity contribution >= 4 is 51.7 Å². The molecule has 1 unspecified atom stereocenters. The molecule has 1 atom stereocenters. The molecule has 0 saturated carbocycles. The van der Waals surface area contributed by atoms with Crippen molar-refractivity contribution in [3.63, 3.8) is 0 Å². The summed E-state index contributed by atoms with van der Waals surface area (Å²) in [6, 6.07) is 5.41. The van der Waals surface area contributed by atoms with Crippen molar-refractivity contribution in [1.82, 2.24) is 14.3 Å². The molecule has 6 nitrogen and oxygen atoms in total. The fourth-order valence-corrected chi connectivity index (χ4v) is 4.76. The van der Waals surface area contributed by atoms with E-state index in [4.69, 9.17) is 12.2 Å². The van der Waals surface area contributed by atoms with Crippen LogP contribution in [-0.2, 0) is 4.79 Å². The summed E-state index contributed by atoms with van der Waals surface area (Å²) in [6.45, 7) is 7.52. The normalized spacial score (nSPS) is 16.6. The highest BCUT2D eigenvalue weighted by molar-refractivity contribution is 8.26. The van der Waals surface area contributed by atoms with Crippen molar-refractivity contribution in [3.05, 3.63) is 45.2 Å². The number of hydrogen-bond acceptors (Lipinski definition) is 6. The zero-order chi connectivity index (χ0) is 21.7. The van der Waals surface area contributed by atoms with E-state index in [1.807, 2.05) is 13.0 Å². The number of unbranched alkanes of at least 4 members (excludes halogenated alkanes) is 1. The van der Waals surface area contributed by atoms with E-state index in [9.17, 15) is 9.59 Å². The smallest absolute Gasteiger partial charge is 0.267 e. The average Bonchev–Trinajstić information content (AvgIpc) is 3.01. The van der Waals surface area contributed by atoms with Crippen LogP contribution in [0.4, 0.5) is 5.82 Å². The molecule has 160 valence electrons. The van der Waals surface area contributed by atoms with Crippen LogP contribution in [0.2, 0.25) is 0 Å². The largest absolute Gasteiger partial charge is 0.370 e. The lowest BCUT2D eigenvalue weighted by Gasteiger charge is -2.21. The highest BCUT2D eigenvalue weighted by Gasteiger charge is 2.33. The van der Waals surface area contributed by atoms with Gasteiger partial charge in [-0.3, -0.25) is 18.9 Å².